The molecule has 0 bridgehead atoms. The number of halogens is 1. The van der Waals surface area contributed by atoms with Gasteiger partial charge in [-0.05, 0) is 80.6 Å². The summed E-state index contributed by atoms with van der Waals surface area (Å²) in [7, 11) is 3.34. The van der Waals surface area contributed by atoms with Crippen LogP contribution in [0.3, 0.4) is 0 Å². The molecule has 7 heteroatoms. The molecule has 0 unspecified atom stereocenters. The maximum absolute atomic E-state index is 13.0. The average Bonchev–Trinajstić information content (AvgIpc) is 3.12. The van der Waals surface area contributed by atoms with Crippen LogP contribution < -0.4 is 14.4 Å². The third-order valence-electron chi connectivity index (χ3n) is 6.61. The van der Waals surface area contributed by atoms with Gasteiger partial charge in [0.25, 0.3) is 5.91 Å². The van der Waals surface area contributed by atoms with Crippen LogP contribution in [0.25, 0.3) is 0 Å². The van der Waals surface area contributed by atoms with Crippen molar-refractivity contribution in [2.45, 2.75) is 38.1 Å². The average molecular weight is 457 g/mol. The molecule has 2 aromatic rings. The number of benzene rings is 2. The van der Waals surface area contributed by atoms with Gasteiger partial charge in [-0.15, -0.1) is 0 Å². The lowest BCUT2D eigenvalue weighted by atomic mass is 9.89. The minimum absolute atomic E-state index is 0.126. The van der Waals surface area contributed by atoms with E-state index >= 15 is 0 Å². The van der Waals surface area contributed by atoms with E-state index in [-0.39, 0.29) is 24.3 Å². The second kappa shape index (κ2) is 9.92. The highest BCUT2D eigenvalue weighted by molar-refractivity contribution is 6.30. The first-order valence-electron chi connectivity index (χ1n) is 11.1. The number of rotatable bonds is 7. The van der Waals surface area contributed by atoms with E-state index in [0.29, 0.717) is 16.6 Å². The molecule has 0 saturated carbocycles. The number of ether oxygens (including phenoxy) is 2. The van der Waals surface area contributed by atoms with Gasteiger partial charge in [0.1, 0.15) is 11.5 Å². The van der Waals surface area contributed by atoms with E-state index < -0.39 is 0 Å². The van der Waals surface area contributed by atoms with E-state index in [9.17, 15) is 9.59 Å². The predicted molar refractivity (Wildman–Crippen MR) is 125 cm³/mol. The molecule has 170 valence electrons. The zero-order valence-electron chi connectivity index (χ0n) is 18.6. The lowest BCUT2D eigenvalue weighted by molar-refractivity contribution is -0.123. The molecule has 0 aliphatic carbocycles. The smallest absolute Gasteiger partial charge is 0.251 e. The molecule has 32 heavy (non-hydrogen) atoms. The van der Waals surface area contributed by atoms with Gasteiger partial charge in [-0.2, -0.15) is 0 Å². The van der Waals surface area contributed by atoms with Crippen molar-refractivity contribution in [1.29, 1.82) is 0 Å². The number of amides is 2. The first kappa shape index (κ1) is 22.6. The molecule has 0 radical (unpaired) electrons. The molecule has 0 N–H and O–H groups in total. The Morgan fingerprint density at radius 2 is 1.72 bits per heavy atom. The summed E-state index contributed by atoms with van der Waals surface area (Å²) in [5.74, 6) is 1.98. The Balaban J connectivity index is 1.32. The SMILES string of the molecule is COc1ccc(CCC2CCN([C@@H]3CC(=O)N(c4ccc(Cl)cc4)C3=O)CC2)c(OC)c1. The van der Waals surface area contributed by atoms with Crippen LogP contribution in [0.2, 0.25) is 5.02 Å². The highest BCUT2D eigenvalue weighted by Crippen LogP contribution is 2.32. The summed E-state index contributed by atoms with van der Waals surface area (Å²) in [6.07, 6.45) is 4.32. The van der Waals surface area contributed by atoms with Crippen molar-refractivity contribution in [3.8, 4) is 11.5 Å². The van der Waals surface area contributed by atoms with Gasteiger partial charge >= 0.3 is 0 Å². The summed E-state index contributed by atoms with van der Waals surface area (Å²) in [4.78, 5) is 29.1. The molecular weight excluding hydrogens is 428 g/mol. The van der Waals surface area contributed by atoms with Crippen LogP contribution in [-0.2, 0) is 16.0 Å². The second-order valence-electron chi connectivity index (χ2n) is 8.46. The van der Waals surface area contributed by atoms with Crippen LogP contribution in [0.1, 0.15) is 31.2 Å². The third kappa shape index (κ3) is 4.76. The molecule has 2 aliphatic heterocycles. The van der Waals surface area contributed by atoms with Gasteiger partial charge in [-0.1, -0.05) is 17.7 Å². The number of likely N-dealkylation sites (tertiary alicyclic amines) is 1. The van der Waals surface area contributed by atoms with Crippen molar-refractivity contribution in [3.63, 3.8) is 0 Å². The Morgan fingerprint density at radius 3 is 2.38 bits per heavy atom. The molecule has 2 saturated heterocycles. The van der Waals surface area contributed by atoms with Crippen LogP contribution >= 0.6 is 11.6 Å². The number of nitrogens with zero attached hydrogens (tertiary/aromatic N) is 2. The third-order valence-corrected chi connectivity index (χ3v) is 6.87. The van der Waals surface area contributed by atoms with Crippen molar-refractivity contribution in [2.24, 2.45) is 5.92 Å². The summed E-state index contributed by atoms with van der Waals surface area (Å²) in [6.45, 7) is 1.67. The molecule has 2 aliphatic rings. The zero-order valence-corrected chi connectivity index (χ0v) is 19.3. The minimum atomic E-state index is -0.360. The largest absolute Gasteiger partial charge is 0.497 e. The quantitative estimate of drug-likeness (QED) is 0.580. The van der Waals surface area contributed by atoms with Crippen LogP contribution in [-0.4, -0.2) is 50.1 Å². The molecule has 2 aromatic carbocycles. The Morgan fingerprint density at radius 1 is 1.00 bits per heavy atom. The Hall–Kier alpha value is -2.57. The van der Waals surface area contributed by atoms with Crippen LogP contribution in [0.4, 0.5) is 5.69 Å². The first-order chi connectivity index (χ1) is 15.5. The zero-order chi connectivity index (χ0) is 22.7. The fourth-order valence-electron chi connectivity index (χ4n) is 4.73. The fourth-order valence-corrected chi connectivity index (χ4v) is 4.86. The van der Waals surface area contributed by atoms with Gasteiger partial charge in [0.2, 0.25) is 5.91 Å². The van der Waals surface area contributed by atoms with Crippen LogP contribution in [0, 0.1) is 5.92 Å². The molecule has 2 fully saturated rings. The summed E-state index contributed by atoms with van der Waals surface area (Å²) in [6, 6.07) is 12.5. The van der Waals surface area contributed by atoms with E-state index in [1.165, 1.54) is 10.5 Å². The molecule has 2 amide bonds. The van der Waals surface area contributed by atoms with E-state index in [4.69, 9.17) is 21.1 Å². The van der Waals surface area contributed by atoms with Gasteiger partial charge in [0.05, 0.1) is 32.4 Å². The highest BCUT2D eigenvalue weighted by Gasteiger charge is 2.43. The van der Waals surface area contributed by atoms with E-state index in [2.05, 4.69) is 11.0 Å². The predicted octanol–water partition coefficient (Wildman–Crippen LogP) is 4.33. The normalized spacial score (nSPS) is 20.1. The molecule has 4 rings (SSSR count). The topological polar surface area (TPSA) is 59.1 Å². The minimum Gasteiger partial charge on any atom is -0.497 e. The Kier molecular flexibility index (Phi) is 7.01. The number of anilines is 1. The van der Waals surface area contributed by atoms with Crippen molar-refractivity contribution in [3.05, 3.63) is 53.1 Å². The maximum atomic E-state index is 13.0. The van der Waals surface area contributed by atoms with E-state index in [0.717, 1.165) is 50.3 Å². The molecule has 2 heterocycles. The molecule has 0 aromatic heterocycles. The van der Waals surface area contributed by atoms with Crippen molar-refractivity contribution in [2.75, 3.05) is 32.2 Å². The van der Waals surface area contributed by atoms with Gasteiger partial charge in [-0.25, -0.2) is 4.90 Å². The lowest BCUT2D eigenvalue weighted by Crippen LogP contribution is -2.46. The summed E-state index contributed by atoms with van der Waals surface area (Å²) in [5, 5.41) is 0.582. The maximum Gasteiger partial charge on any atom is 0.251 e. The number of hydrogen-bond acceptors (Lipinski definition) is 5. The number of aryl methyl sites for hydroxylation is 1. The van der Waals surface area contributed by atoms with Crippen LogP contribution in [0.15, 0.2) is 42.5 Å². The number of hydrogen-bond donors (Lipinski definition) is 0. The van der Waals surface area contributed by atoms with Crippen molar-refractivity contribution >= 4 is 29.1 Å². The van der Waals surface area contributed by atoms with Crippen molar-refractivity contribution in [1.82, 2.24) is 4.90 Å². The Labute approximate surface area is 194 Å². The van der Waals surface area contributed by atoms with Gasteiger partial charge in [0, 0.05) is 11.1 Å². The fraction of sp³-hybridized carbons (Fsp3) is 0.440. The highest BCUT2D eigenvalue weighted by atomic mass is 35.5. The molecular formula is C25H29ClN2O4. The van der Waals surface area contributed by atoms with E-state index in [1.807, 2.05) is 12.1 Å². The van der Waals surface area contributed by atoms with Gasteiger partial charge in [-0.3, -0.25) is 14.5 Å². The Bertz CT molecular complexity index is 970. The standard InChI is InChI=1S/C25H29ClN2O4/c1-31-21-10-5-18(23(15-21)32-2)4-3-17-11-13-27(14-12-17)22-16-24(29)28(25(22)30)20-8-6-19(26)7-9-20/h5-10,15,17,22H,3-4,11-14,16H2,1-2H3/t22-/m1/s1. The lowest BCUT2D eigenvalue weighted by Gasteiger charge is -2.34. The number of imide groups is 1. The monoisotopic (exact) mass is 456 g/mol. The number of carbonyl (C=O) groups is 2. The second-order valence-corrected chi connectivity index (χ2v) is 8.90. The summed E-state index contributed by atoms with van der Waals surface area (Å²) >= 11 is 5.94. The van der Waals surface area contributed by atoms with Crippen molar-refractivity contribution < 1.29 is 19.1 Å². The van der Waals surface area contributed by atoms with E-state index in [1.54, 1.807) is 38.5 Å². The first-order valence-corrected chi connectivity index (χ1v) is 11.4. The van der Waals surface area contributed by atoms with Gasteiger partial charge < -0.3 is 9.47 Å². The van der Waals surface area contributed by atoms with Gasteiger partial charge in [0.15, 0.2) is 0 Å². The molecule has 0 spiro atoms. The number of piperidine rings is 1. The van der Waals surface area contributed by atoms with Crippen LogP contribution in [0.5, 0.6) is 11.5 Å². The summed E-state index contributed by atoms with van der Waals surface area (Å²) in [5.41, 5.74) is 1.78. The number of carbonyl (C=O) groups excluding carboxylic acids is 2. The molecule has 6 nitrogen and oxygen atoms in total. The molecule has 1 atom stereocenters. The number of methoxy groups -OCH3 is 2. The summed E-state index contributed by atoms with van der Waals surface area (Å²) < 4.78 is 10.8.